The van der Waals surface area contributed by atoms with E-state index in [9.17, 15) is 4.79 Å². The van der Waals surface area contributed by atoms with E-state index in [2.05, 4.69) is 4.74 Å². The standard InChI is InChI=1S/C7H11NO3/c1-10-7(9)8-3-6-2-5(8)4-11-6/h5-6H,2-4H2,1H3. The molecule has 2 heterocycles. The summed E-state index contributed by atoms with van der Waals surface area (Å²) in [6.45, 7) is 1.39. The van der Waals surface area contributed by atoms with Crippen LogP contribution in [0.4, 0.5) is 4.79 Å². The van der Waals surface area contributed by atoms with Crippen LogP contribution >= 0.6 is 0 Å². The van der Waals surface area contributed by atoms with Gasteiger partial charge in [-0.1, -0.05) is 0 Å². The number of fused-ring (bicyclic) bond motifs is 2. The van der Waals surface area contributed by atoms with Gasteiger partial charge in [0.2, 0.25) is 0 Å². The van der Waals surface area contributed by atoms with E-state index in [1.165, 1.54) is 7.11 Å². The summed E-state index contributed by atoms with van der Waals surface area (Å²) in [4.78, 5) is 12.8. The van der Waals surface area contributed by atoms with Crippen molar-refractivity contribution >= 4 is 6.09 Å². The van der Waals surface area contributed by atoms with Crippen molar-refractivity contribution in [3.8, 4) is 0 Å². The predicted molar refractivity (Wildman–Crippen MR) is 37.3 cm³/mol. The van der Waals surface area contributed by atoms with Gasteiger partial charge in [-0.25, -0.2) is 4.79 Å². The summed E-state index contributed by atoms with van der Waals surface area (Å²) in [6, 6.07) is 0.271. The fraction of sp³-hybridized carbons (Fsp3) is 0.857. The van der Waals surface area contributed by atoms with Crippen LogP contribution in [0.25, 0.3) is 0 Å². The van der Waals surface area contributed by atoms with E-state index in [0.717, 1.165) is 6.42 Å². The SMILES string of the molecule is COC(=O)N1CC2CC1CO2. The van der Waals surface area contributed by atoms with Crippen LogP contribution in [0.5, 0.6) is 0 Å². The van der Waals surface area contributed by atoms with Crippen molar-refractivity contribution in [3.05, 3.63) is 0 Å². The maximum absolute atomic E-state index is 11.1. The largest absolute Gasteiger partial charge is 0.453 e. The first-order valence-corrected chi connectivity index (χ1v) is 3.77. The van der Waals surface area contributed by atoms with Crippen molar-refractivity contribution in [2.45, 2.75) is 18.6 Å². The number of hydrogen-bond acceptors (Lipinski definition) is 3. The van der Waals surface area contributed by atoms with E-state index in [0.29, 0.717) is 13.2 Å². The molecule has 1 amide bonds. The van der Waals surface area contributed by atoms with E-state index in [-0.39, 0.29) is 18.2 Å². The molecular weight excluding hydrogens is 146 g/mol. The number of carbonyl (C=O) groups is 1. The second-order valence-corrected chi connectivity index (χ2v) is 2.97. The Morgan fingerprint density at radius 3 is 3.00 bits per heavy atom. The van der Waals surface area contributed by atoms with Crippen LogP contribution < -0.4 is 0 Å². The fourth-order valence-electron chi connectivity index (χ4n) is 1.74. The van der Waals surface area contributed by atoms with Gasteiger partial charge < -0.3 is 14.4 Å². The highest BCUT2D eigenvalue weighted by Gasteiger charge is 2.41. The molecule has 0 aliphatic carbocycles. The zero-order chi connectivity index (χ0) is 7.84. The summed E-state index contributed by atoms with van der Waals surface area (Å²) in [5, 5.41) is 0. The summed E-state index contributed by atoms with van der Waals surface area (Å²) >= 11 is 0. The first-order chi connectivity index (χ1) is 5.31. The van der Waals surface area contributed by atoms with Crippen LogP contribution in [-0.4, -0.2) is 43.4 Å². The van der Waals surface area contributed by atoms with Gasteiger partial charge in [-0.2, -0.15) is 0 Å². The zero-order valence-corrected chi connectivity index (χ0v) is 6.45. The van der Waals surface area contributed by atoms with E-state index in [4.69, 9.17) is 4.74 Å². The Balaban J connectivity index is 2.02. The highest BCUT2D eigenvalue weighted by Crippen LogP contribution is 2.27. The molecule has 0 N–H and O–H groups in total. The van der Waals surface area contributed by atoms with Crippen molar-refractivity contribution in [2.75, 3.05) is 20.3 Å². The molecule has 2 aliphatic rings. The number of amides is 1. The van der Waals surface area contributed by atoms with E-state index in [1.807, 2.05) is 0 Å². The lowest BCUT2D eigenvalue weighted by Gasteiger charge is -2.24. The van der Waals surface area contributed by atoms with Crippen LogP contribution in [0, 0.1) is 0 Å². The van der Waals surface area contributed by atoms with Gasteiger partial charge in [0, 0.05) is 0 Å². The molecule has 2 unspecified atom stereocenters. The van der Waals surface area contributed by atoms with Gasteiger partial charge in [0.05, 0.1) is 32.4 Å². The van der Waals surface area contributed by atoms with E-state index < -0.39 is 0 Å². The second-order valence-electron chi connectivity index (χ2n) is 2.97. The molecule has 4 heteroatoms. The molecule has 2 rings (SSSR count). The molecule has 0 aromatic carbocycles. The first kappa shape index (κ1) is 6.91. The van der Waals surface area contributed by atoms with Crippen LogP contribution in [0.1, 0.15) is 6.42 Å². The third-order valence-electron chi connectivity index (χ3n) is 2.31. The molecule has 0 saturated carbocycles. The third kappa shape index (κ3) is 0.976. The molecule has 0 radical (unpaired) electrons. The van der Waals surface area contributed by atoms with Gasteiger partial charge in [0.1, 0.15) is 0 Å². The van der Waals surface area contributed by atoms with Crippen LogP contribution in [0.3, 0.4) is 0 Å². The lowest BCUT2D eigenvalue weighted by atomic mass is 10.2. The molecule has 62 valence electrons. The second kappa shape index (κ2) is 2.37. The monoisotopic (exact) mass is 157 g/mol. The topological polar surface area (TPSA) is 38.8 Å². The number of methoxy groups -OCH3 is 1. The highest BCUT2D eigenvalue weighted by atomic mass is 16.5. The Bertz CT molecular complexity index is 183. The normalized spacial score (nSPS) is 34.5. The van der Waals surface area contributed by atoms with Crippen molar-refractivity contribution in [2.24, 2.45) is 0 Å². The minimum absolute atomic E-state index is 0.221. The van der Waals surface area contributed by atoms with Crippen molar-refractivity contribution in [1.29, 1.82) is 0 Å². The summed E-state index contributed by atoms with van der Waals surface area (Å²) in [5.41, 5.74) is 0. The number of likely N-dealkylation sites (tertiary alicyclic amines) is 1. The average Bonchev–Trinajstić information content (AvgIpc) is 2.62. The summed E-state index contributed by atoms with van der Waals surface area (Å²) < 4.78 is 9.95. The van der Waals surface area contributed by atoms with Gasteiger partial charge in [-0.3, -0.25) is 0 Å². The smallest absolute Gasteiger partial charge is 0.409 e. The molecule has 11 heavy (non-hydrogen) atoms. The number of morpholine rings is 1. The molecule has 2 saturated heterocycles. The number of carbonyl (C=O) groups excluding carboxylic acids is 1. The van der Waals surface area contributed by atoms with Gasteiger partial charge in [-0.05, 0) is 6.42 Å². The molecule has 0 aromatic rings. The van der Waals surface area contributed by atoms with Gasteiger partial charge in [-0.15, -0.1) is 0 Å². The van der Waals surface area contributed by atoms with Crippen LogP contribution in [-0.2, 0) is 9.47 Å². The predicted octanol–water partition coefficient (Wildman–Crippen LogP) is 0.226. The Hall–Kier alpha value is -0.770. The summed E-state index contributed by atoms with van der Waals surface area (Å²) in [5.74, 6) is 0. The van der Waals surface area contributed by atoms with E-state index >= 15 is 0 Å². The summed E-state index contributed by atoms with van der Waals surface area (Å²) in [6.07, 6.45) is 1.02. The minimum Gasteiger partial charge on any atom is -0.453 e. The Kier molecular flexibility index (Phi) is 1.49. The van der Waals surface area contributed by atoms with E-state index in [1.54, 1.807) is 4.90 Å². The van der Waals surface area contributed by atoms with Gasteiger partial charge in [0.15, 0.2) is 0 Å². The number of hydrogen-bond donors (Lipinski definition) is 0. The molecule has 2 bridgehead atoms. The minimum atomic E-state index is -0.221. The van der Waals surface area contributed by atoms with Crippen molar-refractivity contribution < 1.29 is 14.3 Å². The van der Waals surface area contributed by atoms with Crippen molar-refractivity contribution in [1.82, 2.24) is 4.90 Å². The number of nitrogens with zero attached hydrogens (tertiary/aromatic N) is 1. The Morgan fingerprint density at radius 1 is 1.73 bits per heavy atom. The van der Waals surface area contributed by atoms with Gasteiger partial charge in [0.25, 0.3) is 0 Å². The van der Waals surface area contributed by atoms with Gasteiger partial charge >= 0.3 is 6.09 Å². The number of rotatable bonds is 0. The quantitative estimate of drug-likeness (QED) is 0.505. The Morgan fingerprint density at radius 2 is 2.55 bits per heavy atom. The van der Waals surface area contributed by atoms with Crippen LogP contribution in [0.15, 0.2) is 0 Å². The zero-order valence-electron chi connectivity index (χ0n) is 6.45. The van der Waals surface area contributed by atoms with Crippen molar-refractivity contribution in [3.63, 3.8) is 0 Å². The number of ether oxygens (including phenoxy) is 2. The maximum Gasteiger partial charge on any atom is 0.409 e. The first-order valence-electron chi connectivity index (χ1n) is 3.77. The molecule has 2 aliphatic heterocycles. The fourth-order valence-corrected chi connectivity index (χ4v) is 1.74. The highest BCUT2D eigenvalue weighted by molar-refractivity contribution is 5.68. The molecular formula is C7H11NO3. The van der Waals surface area contributed by atoms with Crippen LogP contribution in [0.2, 0.25) is 0 Å². The molecule has 0 aromatic heterocycles. The lowest BCUT2D eigenvalue weighted by Crippen LogP contribution is -2.41. The molecule has 2 atom stereocenters. The molecule has 2 fully saturated rings. The third-order valence-corrected chi connectivity index (χ3v) is 2.31. The molecule has 0 spiro atoms. The maximum atomic E-state index is 11.1. The Labute approximate surface area is 65.1 Å². The molecule has 4 nitrogen and oxygen atoms in total. The summed E-state index contributed by atoms with van der Waals surface area (Å²) in [7, 11) is 1.41. The lowest BCUT2D eigenvalue weighted by molar-refractivity contribution is 0.0278. The average molecular weight is 157 g/mol.